The Morgan fingerprint density at radius 3 is 2.33 bits per heavy atom. The van der Waals surface area contributed by atoms with Crippen LogP contribution in [0, 0.1) is 5.41 Å². The first-order valence-corrected chi connectivity index (χ1v) is 6.05. The van der Waals surface area contributed by atoms with E-state index in [1.54, 1.807) is 0 Å². The molecule has 1 unspecified atom stereocenters. The van der Waals surface area contributed by atoms with Gasteiger partial charge >= 0.3 is 0 Å². The molecule has 2 heteroatoms. The quantitative estimate of drug-likeness (QED) is 0.464. The second-order valence-corrected chi connectivity index (χ2v) is 6.27. The van der Waals surface area contributed by atoms with Crippen LogP contribution in [0.1, 0.15) is 40.5 Å². The Morgan fingerprint density at radius 2 is 1.92 bits per heavy atom. The molecule has 0 aliphatic rings. The van der Waals surface area contributed by atoms with Crippen molar-refractivity contribution in [2.75, 3.05) is 13.1 Å². The van der Waals surface area contributed by atoms with Crippen molar-refractivity contribution in [1.29, 1.82) is 0 Å². The summed E-state index contributed by atoms with van der Waals surface area (Å²) in [4.78, 5) is 0. The van der Waals surface area contributed by atoms with E-state index in [4.69, 9.17) is 0 Å². The summed E-state index contributed by atoms with van der Waals surface area (Å²) in [6.07, 6.45) is 2.62. The highest BCUT2D eigenvalue weighted by Crippen LogP contribution is 2.26. The van der Waals surface area contributed by atoms with Crippen LogP contribution in [0.5, 0.6) is 0 Å². The molecule has 0 aromatic carbocycles. The second kappa shape index (κ2) is 6.19. The lowest BCUT2D eigenvalue weighted by atomic mass is 9.90. The largest absolute Gasteiger partial charge is 0.317 e. The summed E-state index contributed by atoms with van der Waals surface area (Å²) in [7, 11) is 0. The fourth-order valence-corrected chi connectivity index (χ4v) is 2.83. The molecule has 0 rings (SSSR count). The SMILES string of the molecule is CCNCCC(I)CC(C)(C)C. The molecule has 12 heavy (non-hydrogen) atoms. The van der Waals surface area contributed by atoms with Crippen LogP contribution in [0.15, 0.2) is 0 Å². The molecular formula is C10H22IN. The lowest BCUT2D eigenvalue weighted by molar-refractivity contribution is 0.370. The Bertz CT molecular complexity index is 107. The standard InChI is InChI=1S/C10H22IN/c1-5-12-7-6-9(11)8-10(2,3)4/h9,12H,5-8H2,1-4H3. The molecule has 0 fully saturated rings. The molecule has 0 amide bonds. The second-order valence-electron chi connectivity index (χ2n) is 4.50. The van der Waals surface area contributed by atoms with Gasteiger partial charge in [-0.2, -0.15) is 0 Å². The normalized spacial score (nSPS) is 14.8. The van der Waals surface area contributed by atoms with E-state index in [-0.39, 0.29) is 0 Å². The number of hydrogen-bond donors (Lipinski definition) is 1. The molecule has 1 N–H and O–H groups in total. The summed E-state index contributed by atoms with van der Waals surface area (Å²) in [6.45, 7) is 11.4. The fraction of sp³-hybridized carbons (Fsp3) is 1.00. The lowest BCUT2D eigenvalue weighted by Gasteiger charge is -2.22. The summed E-state index contributed by atoms with van der Waals surface area (Å²) < 4.78 is 0.821. The van der Waals surface area contributed by atoms with Gasteiger partial charge in [0.1, 0.15) is 0 Å². The Morgan fingerprint density at radius 1 is 1.33 bits per heavy atom. The van der Waals surface area contributed by atoms with Crippen molar-refractivity contribution in [1.82, 2.24) is 5.32 Å². The minimum absolute atomic E-state index is 0.484. The van der Waals surface area contributed by atoms with Crippen molar-refractivity contribution in [3.05, 3.63) is 0 Å². The third kappa shape index (κ3) is 8.78. The molecule has 0 aliphatic heterocycles. The zero-order valence-electron chi connectivity index (χ0n) is 8.78. The summed E-state index contributed by atoms with van der Waals surface area (Å²) >= 11 is 2.57. The minimum Gasteiger partial charge on any atom is -0.317 e. The summed E-state index contributed by atoms with van der Waals surface area (Å²) in [5.74, 6) is 0. The van der Waals surface area contributed by atoms with Gasteiger partial charge in [0.15, 0.2) is 0 Å². The van der Waals surface area contributed by atoms with Crippen molar-refractivity contribution in [2.45, 2.75) is 44.5 Å². The molecule has 0 radical (unpaired) electrons. The maximum atomic E-state index is 3.36. The molecule has 0 aromatic rings. The average molecular weight is 283 g/mol. The zero-order valence-corrected chi connectivity index (χ0v) is 10.9. The topological polar surface area (TPSA) is 12.0 Å². The first-order chi connectivity index (χ1) is 5.45. The molecule has 0 aromatic heterocycles. The molecule has 0 aliphatic carbocycles. The highest BCUT2D eigenvalue weighted by atomic mass is 127. The van der Waals surface area contributed by atoms with Crippen LogP contribution in [0.25, 0.3) is 0 Å². The van der Waals surface area contributed by atoms with E-state index < -0.39 is 0 Å². The van der Waals surface area contributed by atoms with Gasteiger partial charge in [-0.1, -0.05) is 50.3 Å². The smallest absolute Gasteiger partial charge is 0.0127 e. The molecular weight excluding hydrogens is 261 g/mol. The maximum Gasteiger partial charge on any atom is 0.0127 e. The maximum absolute atomic E-state index is 3.36. The monoisotopic (exact) mass is 283 g/mol. The van der Waals surface area contributed by atoms with Crippen LogP contribution in [-0.4, -0.2) is 17.0 Å². The predicted molar refractivity (Wildman–Crippen MR) is 65.0 cm³/mol. The molecule has 0 spiro atoms. The molecule has 1 atom stereocenters. The minimum atomic E-state index is 0.484. The predicted octanol–water partition coefficient (Wildman–Crippen LogP) is 3.23. The van der Waals surface area contributed by atoms with E-state index in [1.807, 2.05) is 0 Å². The van der Waals surface area contributed by atoms with E-state index >= 15 is 0 Å². The number of hydrogen-bond acceptors (Lipinski definition) is 1. The summed E-state index contributed by atoms with van der Waals surface area (Å²) in [6, 6.07) is 0. The number of alkyl halides is 1. The summed E-state index contributed by atoms with van der Waals surface area (Å²) in [5, 5.41) is 3.36. The van der Waals surface area contributed by atoms with Crippen LogP contribution in [0.4, 0.5) is 0 Å². The first kappa shape index (κ1) is 12.7. The molecule has 0 saturated carbocycles. The average Bonchev–Trinajstić information content (AvgIpc) is 1.84. The van der Waals surface area contributed by atoms with E-state index in [1.165, 1.54) is 19.4 Å². The van der Waals surface area contributed by atoms with Gasteiger partial charge in [0.05, 0.1) is 0 Å². The fourth-order valence-electron chi connectivity index (χ4n) is 1.20. The third-order valence-corrected chi connectivity index (χ3v) is 2.78. The third-order valence-electron chi connectivity index (χ3n) is 1.72. The van der Waals surface area contributed by atoms with E-state index in [0.29, 0.717) is 5.41 Å². The van der Waals surface area contributed by atoms with Gasteiger partial charge in [0, 0.05) is 3.92 Å². The van der Waals surface area contributed by atoms with Crippen LogP contribution < -0.4 is 5.32 Å². The molecule has 0 heterocycles. The summed E-state index contributed by atoms with van der Waals surface area (Å²) in [5.41, 5.74) is 0.484. The van der Waals surface area contributed by atoms with Crippen molar-refractivity contribution >= 4 is 22.6 Å². The van der Waals surface area contributed by atoms with E-state index in [0.717, 1.165) is 10.5 Å². The van der Waals surface area contributed by atoms with Crippen LogP contribution in [-0.2, 0) is 0 Å². The van der Waals surface area contributed by atoms with Gasteiger partial charge < -0.3 is 5.32 Å². The van der Waals surface area contributed by atoms with Gasteiger partial charge in [-0.15, -0.1) is 0 Å². The van der Waals surface area contributed by atoms with Crippen LogP contribution in [0.2, 0.25) is 0 Å². The first-order valence-electron chi connectivity index (χ1n) is 4.80. The van der Waals surface area contributed by atoms with Gasteiger partial charge in [-0.25, -0.2) is 0 Å². The Hall–Kier alpha value is 0.690. The zero-order chi connectivity index (χ0) is 9.61. The van der Waals surface area contributed by atoms with Gasteiger partial charge in [0.2, 0.25) is 0 Å². The van der Waals surface area contributed by atoms with Crippen molar-refractivity contribution in [2.24, 2.45) is 5.41 Å². The van der Waals surface area contributed by atoms with Crippen LogP contribution in [0.3, 0.4) is 0 Å². The highest BCUT2D eigenvalue weighted by molar-refractivity contribution is 14.1. The van der Waals surface area contributed by atoms with Gasteiger partial charge in [-0.3, -0.25) is 0 Å². The van der Waals surface area contributed by atoms with Crippen LogP contribution >= 0.6 is 22.6 Å². The number of nitrogens with one attached hydrogen (secondary N) is 1. The van der Waals surface area contributed by atoms with Gasteiger partial charge in [0.25, 0.3) is 0 Å². The highest BCUT2D eigenvalue weighted by Gasteiger charge is 2.15. The Labute approximate surface area is 90.8 Å². The van der Waals surface area contributed by atoms with Gasteiger partial charge in [-0.05, 0) is 31.3 Å². The van der Waals surface area contributed by atoms with Crippen molar-refractivity contribution in [3.63, 3.8) is 0 Å². The number of rotatable bonds is 5. The molecule has 74 valence electrons. The van der Waals surface area contributed by atoms with E-state index in [2.05, 4.69) is 55.6 Å². The molecule has 0 bridgehead atoms. The molecule has 1 nitrogen and oxygen atoms in total. The Kier molecular flexibility index (Phi) is 6.55. The van der Waals surface area contributed by atoms with E-state index in [9.17, 15) is 0 Å². The molecule has 0 saturated heterocycles. The Balaban J connectivity index is 3.40. The number of halogens is 1. The lowest BCUT2D eigenvalue weighted by Crippen LogP contribution is -2.20. The van der Waals surface area contributed by atoms with Crippen molar-refractivity contribution < 1.29 is 0 Å². The van der Waals surface area contributed by atoms with Crippen molar-refractivity contribution in [3.8, 4) is 0 Å².